The summed E-state index contributed by atoms with van der Waals surface area (Å²) >= 11 is 0. The lowest BCUT2D eigenvalue weighted by Crippen LogP contribution is -2.50. The zero-order valence-electron chi connectivity index (χ0n) is 15.9. The minimum Gasteiger partial charge on any atom is -0.339 e. The van der Waals surface area contributed by atoms with Gasteiger partial charge < -0.3 is 15.6 Å². The first-order valence-electron chi connectivity index (χ1n) is 10.1. The van der Waals surface area contributed by atoms with Crippen LogP contribution in [0.4, 0.5) is 0 Å². The molecule has 1 saturated heterocycles. The molecule has 3 N–H and O–H groups in total. The van der Waals surface area contributed by atoms with Gasteiger partial charge in [0.1, 0.15) is 6.04 Å². The highest BCUT2D eigenvalue weighted by molar-refractivity contribution is 6.05. The van der Waals surface area contributed by atoms with Crippen molar-refractivity contribution in [1.29, 1.82) is 5.26 Å². The maximum atomic E-state index is 12.6. The van der Waals surface area contributed by atoms with Gasteiger partial charge in [-0.2, -0.15) is 5.26 Å². The molecule has 5 rings (SSSR count). The van der Waals surface area contributed by atoms with Gasteiger partial charge in [-0.15, -0.1) is 0 Å². The Kier molecular flexibility index (Phi) is 4.33. The molecule has 2 aromatic carbocycles. The Hall–Kier alpha value is -3.17. The van der Waals surface area contributed by atoms with E-state index in [0.717, 1.165) is 41.1 Å². The van der Waals surface area contributed by atoms with Crippen LogP contribution in [-0.4, -0.2) is 29.0 Å². The number of pyridine rings is 1. The summed E-state index contributed by atoms with van der Waals surface area (Å²) < 4.78 is 0. The second-order valence-electron chi connectivity index (χ2n) is 8.19. The molecule has 2 heterocycles. The van der Waals surface area contributed by atoms with Crippen molar-refractivity contribution in [2.75, 3.05) is 0 Å². The molecule has 29 heavy (non-hydrogen) atoms. The molecule has 4 atom stereocenters. The highest BCUT2D eigenvalue weighted by Gasteiger charge is 2.43. The fourth-order valence-electron chi connectivity index (χ4n) is 4.94. The van der Waals surface area contributed by atoms with Gasteiger partial charge in [0, 0.05) is 28.8 Å². The molecule has 3 aromatic rings. The van der Waals surface area contributed by atoms with E-state index in [9.17, 15) is 14.9 Å². The van der Waals surface area contributed by atoms with Crippen LogP contribution in [-0.2, 0) is 11.2 Å². The molecule has 0 radical (unpaired) electrons. The molecule has 1 aliphatic carbocycles. The van der Waals surface area contributed by atoms with Gasteiger partial charge in [-0.3, -0.25) is 9.59 Å². The van der Waals surface area contributed by atoms with Crippen molar-refractivity contribution in [3.63, 3.8) is 0 Å². The van der Waals surface area contributed by atoms with Gasteiger partial charge in [-0.1, -0.05) is 30.3 Å². The summed E-state index contributed by atoms with van der Waals surface area (Å²) in [4.78, 5) is 27.9. The van der Waals surface area contributed by atoms with Crippen molar-refractivity contribution in [3.8, 4) is 6.07 Å². The number of carbonyl (C=O) groups is 1. The van der Waals surface area contributed by atoms with Crippen LogP contribution in [0.15, 0.2) is 47.3 Å². The highest BCUT2D eigenvalue weighted by atomic mass is 16.2. The summed E-state index contributed by atoms with van der Waals surface area (Å²) in [7, 11) is 0. The quantitative estimate of drug-likeness (QED) is 0.600. The Morgan fingerprint density at radius 2 is 2.00 bits per heavy atom. The van der Waals surface area contributed by atoms with E-state index >= 15 is 0 Å². The molecule has 2 aliphatic rings. The van der Waals surface area contributed by atoms with Crippen LogP contribution in [0.2, 0.25) is 0 Å². The van der Waals surface area contributed by atoms with E-state index < -0.39 is 6.04 Å². The number of benzene rings is 2. The number of carbonyl (C=O) groups excluding carboxylic acids is 1. The van der Waals surface area contributed by atoms with Gasteiger partial charge in [-0.25, -0.2) is 0 Å². The fourth-order valence-corrected chi connectivity index (χ4v) is 4.94. The van der Waals surface area contributed by atoms with Gasteiger partial charge in [0.2, 0.25) is 5.91 Å². The summed E-state index contributed by atoms with van der Waals surface area (Å²) in [5, 5.41) is 18.4. The van der Waals surface area contributed by atoms with Crippen LogP contribution in [0.1, 0.15) is 24.8 Å². The average molecular weight is 386 g/mol. The zero-order chi connectivity index (χ0) is 20.0. The number of nitrogens with zero attached hydrogens (tertiary/aromatic N) is 1. The number of rotatable bonds is 4. The topological polar surface area (TPSA) is 97.8 Å². The van der Waals surface area contributed by atoms with Gasteiger partial charge in [-0.05, 0) is 48.3 Å². The van der Waals surface area contributed by atoms with Crippen molar-refractivity contribution in [2.24, 2.45) is 5.92 Å². The molecule has 2 bridgehead atoms. The molecule has 1 aliphatic heterocycles. The summed E-state index contributed by atoms with van der Waals surface area (Å²) in [5.41, 5.74) is 1.51. The molecular weight excluding hydrogens is 364 g/mol. The third-order valence-electron chi connectivity index (χ3n) is 6.35. The average Bonchev–Trinajstić information content (AvgIpc) is 3.37. The molecule has 6 heteroatoms. The van der Waals surface area contributed by atoms with Crippen molar-refractivity contribution >= 4 is 27.6 Å². The first-order valence-corrected chi connectivity index (χ1v) is 10.1. The van der Waals surface area contributed by atoms with Crippen LogP contribution in [0.3, 0.4) is 0 Å². The zero-order valence-corrected chi connectivity index (χ0v) is 15.9. The summed E-state index contributed by atoms with van der Waals surface area (Å²) in [5.74, 6) is 0.308. The number of piperidine rings is 1. The van der Waals surface area contributed by atoms with Gasteiger partial charge in [0.15, 0.2) is 0 Å². The first kappa shape index (κ1) is 17.9. The molecule has 1 aromatic heterocycles. The monoisotopic (exact) mass is 386 g/mol. The minimum atomic E-state index is -0.604. The number of hydrogen-bond donors (Lipinski definition) is 3. The third kappa shape index (κ3) is 3.18. The van der Waals surface area contributed by atoms with Crippen molar-refractivity contribution in [3.05, 3.63) is 58.4 Å². The Balaban J connectivity index is 1.37. The van der Waals surface area contributed by atoms with Crippen molar-refractivity contribution < 1.29 is 4.79 Å². The Morgan fingerprint density at radius 1 is 1.17 bits per heavy atom. The lowest BCUT2D eigenvalue weighted by molar-refractivity contribution is -0.124. The number of aromatic nitrogens is 1. The van der Waals surface area contributed by atoms with Gasteiger partial charge in [0.05, 0.1) is 12.1 Å². The number of aromatic amines is 1. The van der Waals surface area contributed by atoms with Gasteiger partial charge >= 0.3 is 0 Å². The maximum absolute atomic E-state index is 12.6. The first-order chi connectivity index (χ1) is 14.1. The Morgan fingerprint density at radius 3 is 2.72 bits per heavy atom. The molecule has 146 valence electrons. The SMILES string of the molecule is N#CC(Cc1ccc2c(c1)[nH]c(=O)c1ccccc12)NC(=O)[C@H]1NC2CCC1C2. The molecule has 0 spiro atoms. The van der Waals surface area contributed by atoms with Crippen LogP contribution in [0, 0.1) is 17.2 Å². The molecular formula is C23H22N4O2. The minimum absolute atomic E-state index is 0.0797. The summed E-state index contributed by atoms with van der Waals surface area (Å²) in [6, 6.07) is 15.2. The van der Waals surface area contributed by atoms with E-state index in [1.165, 1.54) is 0 Å². The second-order valence-corrected chi connectivity index (χ2v) is 8.19. The van der Waals surface area contributed by atoms with E-state index in [-0.39, 0.29) is 17.5 Å². The van der Waals surface area contributed by atoms with Gasteiger partial charge in [0.25, 0.3) is 5.56 Å². The summed E-state index contributed by atoms with van der Waals surface area (Å²) in [6.07, 6.45) is 3.67. The molecule has 1 amide bonds. The fraction of sp³-hybridized carbons (Fsp3) is 0.348. The number of amides is 1. The van der Waals surface area contributed by atoms with E-state index in [2.05, 4.69) is 21.7 Å². The third-order valence-corrected chi connectivity index (χ3v) is 6.35. The van der Waals surface area contributed by atoms with Crippen LogP contribution < -0.4 is 16.2 Å². The number of hydrogen-bond acceptors (Lipinski definition) is 4. The Bertz CT molecular complexity index is 1210. The van der Waals surface area contributed by atoms with Crippen molar-refractivity contribution in [2.45, 2.75) is 43.8 Å². The number of fused-ring (bicyclic) bond motifs is 5. The molecule has 3 unspecified atom stereocenters. The van der Waals surface area contributed by atoms with E-state index in [1.54, 1.807) is 0 Å². The van der Waals surface area contributed by atoms with Crippen LogP contribution in [0.5, 0.6) is 0 Å². The number of nitrogens with one attached hydrogen (secondary N) is 3. The summed E-state index contributed by atoms with van der Waals surface area (Å²) in [6.45, 7) is 0. The van der Waals surface area contributed by atoms with Crippen LogP contribution >= 0.6 is 0 Å². The molecule has 2 fully saturated rings. The van der Waals surface area contributed by atoms with Crippen LogP contribution in [0.25, 0.3) is 21.7 Å². The predicted octanol–water partition coefficient (Wildman–Crippen LogP) is 2.37. The Labute approximate surface area is 167 Å². The lowest BCUT2D eigenvalue weighted by Gasteiger charge is -2.23. The predicted molar refractivity (Wildman–Crippen MR) is 111 cm³/mol. The van der Waals surface area contributed by atoms with E-state index in [1.807, 2.05) is 42.5 Å². The maximum Gasteiger partial charge on any atom is 0.256 e. The molecule has 1 saturated carbocycles. The lowest BCUT2D eigenvalue weighted by atomic mass is 9.98. The smallest absolute Gasteiger partial charge is 0.256 e. The van der Waals surface area contributed by atoms with E-state index in [0.29, 0.717) is 23.8 Å². The van der Waals surface area contributed by atoms with Crippen molar-refractivity contribution in [1.82, 2.24) is 15.6 Å². The van der Waals surface area contributed by atoms with E-state index in [4.69, 9.17) is 0 Å². The number of nitriles is 1. The standard InChI is InChI=1S/C23H22N4O2/c24-12-16(26-23(29)21-14-6-7-15(11-14)25-21)9-13-5-8-18-17-3-1-2-4-19(17)22(28)27-20(18)10-13/h1-5,8,10,14-16,21,25H,6-7,9,11H2,(H,26,29)(H,27,28)/t14?,15?,16?,21-/m0/s1. The normalized spacial score (nSPS) is 23.9. The number of H-pyrrole nitrogens is 1. The molecule has 6 nitrogen and oxygen atoms in total. The largest absolute Gasteiger partial charge is 0.339 e. The second kappa shape index (κ2) is 7.02. The highest BCUT2D eigenvalue weighted by Crippen LogP contribution is 2.35.